The topological polar surface area (TPSA) is 61.8 Å². The maximum Gasteiger partial charge on any atom is 0.332 e. The van der Waals surface area contributed by atoms with Gasteiger partial charge in [-0.05, 0) is 23.9 Å². The van der Waals surface area contributed by atoms with Gasteiger partial charge in [0.15, 0.2) is 11.2 Å². The molecule has 6 nitrogen and oxygen atoms in total. The molecule has 0 aliphatic carbocycles. The van der Waals surface area contributed by atoms with Crippen LogP contribution in [0.25, 0.3) is 11.2 Å². The second-order valence-electron chi connectivity index (χ2n) is 5.79. The predicted molar refractivity (Wildman–Crippen MR) is 88.5 cm³/mol. The molecule has 2 rings (SSSR count). The van der Waals surface area contributed by atoms with Crippen LogP contribution in [0.5, 0.6) is 0 Å². The zero-order chi connectivity index (χ0) is 16.4. The average molecular weight is 327 g/mol. The molecule has 0 bridgehead atoms. The van der Waals surface area contributed by atoms with Crippen molar-refractivity contribution in [1.82, 2.24) is 18.7 Å². The van der Waals surface area contributed by atoms with E-state index >= 15 is 0 Å². The fraction of sp³-hybridized carbons (Fsp3) is 0.667. The Labute approximate surface area is 134 Å². The van der Waals surface area contributed by atoms with Crippen molar-refractivity contribution < 1.29 is 0 Å². The van der Waals surface area contributed by atoms with E-state index in [1.165, 1.54) is 11.6 Å². The first kappa shape index (κ1) is 16.8. The third-order valence-electron chi connectivity index (χ3n) is 4.29. The summed E-state index contributed by atoms with van der Waals surface area (Å²) < 4.78 is 4.22. The smallest absolute Gasteiger partial charge is 0.308 e. The summed E-state index contributed by atoms with van der Waals surface area (Å²) in [6.07, 6.45) is 4.40. The number of rotatable bonds is 6. The van der Waals surface area contributed by atoms with Crippen LogP contribution in [0.4, 0.5) is 0 Å². The van der Waals surface area contributed by atoms with Gasteiger partial charge in [-0.2, -0.15) is 4.98 Å². The molecule has 0 radical (unpaired) electrons. The lowest BCUT2D eigenvalue weighted by Gasteiger charge is -2.16. The molecule has 22 heavy (non-hydrogen) atoms. The maximum atomic E-state index is 12.4. The normalized spacial score (nSPS) is 13.0. The second-order valence-corrected chi connectivity index (χ2v) is 6.12. The minimum Gasteiger partial charge on any atom is -0.308 e. The molecule has 0 saturated carbocycles. The first-order valence-electron chi connectivity index (χ1n) is 7.74. The molecule has 2 aromatic heterocycles. The van der Waals surface area contributed by atoms with E-state index in [-0.39, 0.29) is 10.8 Å². The number of aryl methyl sites for hydroxylation is 1. The summed E-state index contributed by atoms with van der Waals surface area (Å²) in [4.78, 5) is 28.6. The fourth-order valence-corrected chi connectivity index (χ4v) is 3.00. The quantitative estimate of drug-likeness (QED) is 0.765. The van der Waals surface area contributed by atoms with Crippen molar-refractivity contribution in [2.45, 2.75) is 46.1 Å². The molecular weight excluding hydrogens is 304 g/mol. The van der Waals surface area contributed by atoms with E-state index in [4.69, 9.17) is 11.6 Å². The van der Waals surface area contributed by atoms with Crippen molar-refractivity contribution in [3.8, 4) is 0 Å². The molecule has 0 spiro atoms. The van der Waals surface area contributed by atoms with E-state index in [0.29, 0.717) is 23.6 Å². The van der Waals surface area contributed by atoms with Gasteiger partial charge >= 0.3 is 5.69 Å². The van der Waals surface area contributed by atoms with Crippen LogP contribution in [-0.2, 0) is 20.6 Å². The summed E-state index contributed by atoms with van der Waals surface area (Å²) in [6, 6.07) is 0. The molecule has 2 heterocycles. The standard InChI is InChI=1S/C15H23ClN4O2/c1-5-7-8-10(6-2)9-20-11-12(17-14(20)16)18(3)15(22)19(4)13(11)21/h10H,5-9H2,1-4H3/t10-/m0/s1. The van der Waals surface area contributed by atoms with E-state index in [1.54, 1.807) is 11.6 Å². The lowest BCUT2D eigenvalue weighted by atomic mass is 9.99. The van der Waals surface area contributed by atoms with Crippen molar-refractivity contribution >= 4 is 22.8 Å². The van der Waals surface area contributed by atoms with Crippen molar-refractivity contribution in [3.63, 3.8) is 0 Å². The van der Waals surface area contributed by atoms with Gasteiger partial charge in [-0.25, -0.2) is 4.79 Å². The van der Waals surface area contributed by atoms with E-state index in [1.807, 2.05) is 0 Å². The largest absolute Gasteiger partial charge is 0.332 e. The number of fused-ring (bicyclic) bond motifs is 1. The van der Waals surface area contributed by atoms with Gasteiger partial charge in [-0.3, -0.25) is 13.9 Å². The third kappa shape index (κ3) is 2.84. The van der Waals surface area contributed by atoms with Crippen molar-refractivity contribution in [3.05, 3.63) is 26.1 Å². The van der Waals surface area contributed by atoms with E-state index in [2.05, 4.69) is 18.8 Å². The number of halogens is 1. The van der Waals surface area contributed by atoms with Gasteiger partial charge in [-0.1, -0.05) is 33.1 Å². The van der Waals surface area contributed by atoms with Crippen LogP contribution in [-0.4, -0.2) is 18.7 Å². The summed E-state index contributed by atoms with van der Waals surface area (Å²) in [6.45, 7) is 4.96. The van der Waals surface area contributed by atoms with Gasteiger partial charge in [0.2, 0.25) is 5.28 Å². The first-order valence-corrected chi connectivity index (χ1v) is 8.11. The van der Waals surface area contributed by atoms with E-state index in [9.17, 15) is 9.59 Å². The third-order valence-corrected chi connectivity index (χ3v) is 4.57. The number of hydrogen-bond acceptors (Lipinski definition) is 3. The van der Waals surface area contributed by atoms with Gasteiger partial charge < -0.3 is 4.57 Å². The highest BCUT2D eigenvalue weighted by molar-refractivity contribution is 6.29. The summed E-state index contributed by atoms with van der Waals surface area (Å²) >= 11 is 6.24. The Hall–Kier alpha value is -1.56. The Bertz CT molecular complexity index is 787. The van der Waals surface area contributed by atoms with Gasteiger partial charge in [-0.15, -0.1) is 0 Å². The molecule has 7 heteroatoms. The molecular formula is C15H23ClN4O2. The molecule has 0 unspecified atom stereocenters. The Kier molecular flexibility index (Phi) is 5.11. The van der Waals surface area contributed by atoms with Crippen LogP contribution < -0.4 is 11.2 Å². The van der Waals surface area contributed by atoms with E-state index in [0.717, 1.165) is 30.3 Å². The van der Waals surface area contributed by atoms with Crippen LogP contribution in [0.1, 0.15) is 39.5 Å². The van der Waals surface area contributed by atoms with Gasteiger partial charge in [0, 0.05) is 20.6 Å². The van der Waals surface area contributed by atoms with Crippen LogP contribution >= 0.6 is 11.6 Å². The molecule has 0 aliphatic rings. The summed E-state index contributed by atoms with van der Waals surface area (Å²) in [5.74, 6) is 0.441. The number of aromatic nitrogens is 4. The van der Waals surface area contributed by atoms with E-state index < -0.39 is 5.69 Å². The molecule has 0 amide bonds. The Morgan fingerprint density at radius 3 is 2.45 bits per heavy atom. The van der Waals surface area contributed by atoms with Crippen LogP contribution in [0.3, 0.4) is 0 Å². The summed E-state index contributed by atoms with van der Waals surface area (Å²) in [7, 11) is 3.08. The zero-order valence-corrected chi connectivity index (χ0v) is 14.4. The van der Waals surface area contributed by atoms with Gasteiger partial charge in [0.05, 0.1) is 0 Å². The van der Waals surface area contributed by atoms with Crippen molar-refractivity contribution in [2.75, 3.05) is 0 Å². The van der Waals surface area contributed by atoms with Crippen LogP contribution in [0.2, 0.25) is 5.28 Å². The Morgan fingerprint density at radius 1 is 1.18 bits per heavy atom. The molecule has 0 aliphatic heterocycles. The van der Waals surface area contributed by atoms with Crippen molar-refractivity contribution in [2.24, 2.45) is 20.0 Å². The zero-order valence-electron chi connectivity index (χ0n) is 13.6. The van der Waals surface area contributed by atoms with Gasteiger partial charge in [0.1, 0.15) is 0 Å². The molecule has 0 N–H and O–H groups in total. The SMILES string of the molecule is CCCC[C@H](CC)Cn1c(Cl)nc2c1c(=O)n(C)c(=O)n2C. The lowest BCUT2D eigenvalue weighted by Crippen LogP contribution is -2.37. The minimum absolute atomic E-state index is 0.267. The van der Waals surface area contributed by atoms with Gasteiger partial charge in [0.25, 0.3) is 5.56 Å². The number of hydrogen-bond donors (Lipinski definition) is 0. The lowest BCUT2D eigenvalue weighted by molar-refractivity contribution is 0.395. The number of nitrogens with zero attached hydrogens (tertiary/aromatic N) is 4. The first-order chi connectivity index (χ1) is 10.4. The number of imidazole rings is 1. The highest BCUT2D eigenvalue weighted by atomic mass is 35.5. The monoisotopic (exact) mass is 326 g/mol. The maximum absolute atomic E-state index is 12.4. The molecule has 122 valence electrons. The van der Waals surface area contributed by atoms with Crippen LogP contribution in [0.15, 0.2) is 9.59 Å². The fourth-order valence-electron chi connectivity index (χ4n) is 2.76. The second kappa shape index (κ2) is 6.69. The Balaban J connectivity index is 2.57. The highest BCUT2D eigenvalue weighted by Crippen LogP contribution is 2.21. The molecule has 1 atom stereocenters. The number of unbranched alkanes of at least 4 members (excludes halogenated alkanes) is 1. The minimum atomic E-state index is -0.392. The molecule has 0 saturated heterocycles. The van der Waals surface area contributed by atoms with Crippen molar-refractivity contribution in [1.29, 1.82) is 0 Å². The Morgan fingerprint density at radius 2 is 1.86 bits per heavy atom. The highest BCUT2D eigenvalue weighted by Gasteiger charge is 2.20. The summed E-state index contributed by atoms with van der Waals surface area (Å²) in [5, 5.41) is 0.267. The molecule has 2 aromatic rings. The predicted octanol–water partition coefficient (Wildman–Crippen LogP) is 2.30. The van der Waals surface area contributed by atoms with Crippen LogP contribution in [0, 0.1) is 5.92 Å². The molecule has 0 aromatic carbocycles. The summed E-state index contributed by atoms with van der Waals surface area (Å²) in [5.41, 5.74) is 0.0210. The average Bonchev–Trinajstić information content (AvgIpc) is 2.84. The molecule has 0 fully saturated rings.